The molecule has 0 N–H and O–H groups in total. The zero-order valence-corrected chi connectivity index (χ0v) is 14.7. The lowest BCUT2D eigenvalue weighted by atomic mass is 10.1. The number of aromatic nitrogens is 3. The third-order valence-electron chi connectivity index (χ3n) is 3.97. The summed E-state index contributed by atoms with van der Waals surface area (Å²) < 4.78 is 82.1. The summed E-state index contributed by atoms with van der Waals surface area (Å²) in [5.41, 5.74) is -0.199. The van der Waals surface area contributed by atoms with E-state index in [0.717, 1.165) is 30.3 Å². The first kappa shape index (κ1) is 19.2. The highest BCUT2D eigenvalue weighted by molar-refractivity contribution is 7.89. The van der Waals surface area contributed by atoms with Crippen molar-refractivity contribution in [2.45, 2.75) is 24.0 Å². The number of halogens is 4. The van der Waals surface area contributed by atoms with Crippen LogP contribution in [0.3, 0.4) is 0 Å². The molecular weight excluding hydrogens is 388 g/mol. The molecule has 3 rings (SSSR count). The molecule has 6 nitrogen and oxygen atoms in total. The molecule has 0 aliphatic carbocycles. The number of pyridine rings is 1. The van der Waals surface area contributed by atoms with Crippen LogP contribution in [-0.4, -0.2) is 40.0 Å². The lowest BCUT2D eigenvalue weighted by molar-refractivity contribution is -0.173. The van der Waals surface area contributed by atoms with E-state index >= 15 is 0 Å². The van der Waals surface area contributed by atoms with Crippen molar-refractivity contribution >= 4 is 15.7 Å². The van der Waals surface area contributed by atoms with Crippen LogP contribution in [0.4, 0.5) is 17.6 Å². The monoisotopic (exact) mass is 402 g/mol. The van der Waals surface area contributed by atoms with Crippen molar-refractivity contribution in [2.24, 2.45) is 0 Å². The van der Waals surface area contributed by atoms with Crippen molar-refractivity contribution in [3.63, 3.8) is 0 Å². The molecule has 0 aliphatic rings. The molecule has 0 amide bonds. The maximum atomic E-state index is 13.8. The average Bonchev–Trinajstić information content (AvgIpc) is 3.07. The van der Waals surface area contributed by atoms with Crippen molar-refractivity contribution in [1.82, 2.24) is 18.9 Å². The van der Waals surface area contributed by atoms with Crippen LogP contribution in [0.2, 0.25) is 0 Å². The quantitative estimate of drug-likeness (QED) is 0.615. The second-order valence-corrected chi connectivity index (χ2v) is 7.55. The van der Waals surface area contributed by atoms with Gasteiger partial charge in [0.2, 0.25) is 10.0 Å². The molecule has 0 radical (unpaired) electrons. The van der Waals surface area contributed by atoms with Gasteiger partial charge in [-0.25, -0.2) is 12.8 Å². The molecule has 144 valence electrons. The number of hydrogen-bond donors (Lipinski definition) is 0. The van der Waals surface area contributed by atoms with Gasteiger partial charge in [0, 0.05) is 18.8 Å². The van der Waals surface area contributed by atoms with Gasteiger partial charge in [0.15, 0.2) is 5.65 Å². The fraction of sp³-hybridized carbons (Fsp3) is 0.250. The molecule has 11 heteroatoms. The van der Waals surface area contributed by atoms with Crippen LogP contribution in [0.5, 0.6) is 0 Å². The van der Waals surface area contributed by atoms with Gasteiger partial charge in [-0.2, -0.15) is 17.5 Å². The normalized spacial score (nSPS) is 14.0. The second-order valence-electron chi connectivity index (χ2n) is 5.66. The molecule has 2 aromatic heterocycles. The number of nitrogens with zero attached hydrogens (tertiary/aromatic N) is 4. The maximum absolute atomic E-state index is 13.8. The number of fused-ring (bicyclic) bond motifs is 1. The zero-order valence-electron chi connectivity index (χ0n) is 13.9. The molecule has 27 heavy (non-hydrogen) atoms. The van der Waals surface area contributed by atoms with Crippen molar-refractivity contribution in [1.29, 1.82) is 0 Å². The van der Waals surface area contributed by atoms with Gasteiger partial charge >= 0.3 is 6.18 Å². The van der Waals surface area contributed by atoms with Crippen molar-refractivity contribution in [2.75, 3.05) is 6.54 Å². The van der Waals surface area contributed by atoms with E-state index in [9.17, 15) is 26.0 Å². The molecule has 1 atom stereocenters. The molecule has 0 saturated heterocycles. The maximum Gasteiger partial charge on any atom is 0.409 e. The Bertz CT molecular complexity index is 1050. The first-order valence-corrected chi connectivity index (χ1v) is 9.22. The summed E-state index contributed by atoms with van der Waals surface area (Å²) in [5, 5.41) is 7.31. The topological polar surface area (TPSA) is 67.6 Å². The average molecular weight is 402 g/mol. The minimum atomic E-state index is -4.90. The van der Waals surface area contributed by atoms with E-state index in [-0.39, 0.29) is 16.1 Å². The van der Waals surface area contributed by atoms with Crippen molar-refractivity contribution in [3.05, 3.63) is 60.3 Å². The van der Waals surface area contributed by atoms with Crippen LogP contribution in [0.15, 0.2) is 53.8 Å². The summed E-state index contributed by atoms with van der Waals surface area (Å²) in [4.78, 5) is -0.346. The van der Waals surface area contributed by atoms with Gasteiger partial charge in [0.1, 0.15) is 18.2 Å². The Morgan fingerprint density at radius 1 is 1.19 bits per heavy atom. The Hall–Kier alpha value is -2.53. The zero-order chi connectivity index (χ0) is 19.8. The number of hydrogen-bond acceptors (Lipinski definition) is 4. The van der Waals surface area contributed by atoms with E-state index in [1.165, 1.54) is 29.9 Å². The van der Waals surface area contributed by atoms with Crippen LogP contribution in [0.1, 0.15) is 18.5 Å². The molecule has 1 aromatic carbocycles. The van der Waals surface area contributed by atoms with E-state index in [0.29, 0.717) is 4.31 Å². The summed E-state index contributed by atoms with van der Waals surface area (Å²) in [7, 11) is -4.52. The first-order chi connectivity index (χ1) is 12.6. The predicted octanol–water partition coefficient (Wildman–Crippen LogP) is 3.18. The molecule has 2 heterocycles. The van der Waals surface area contributed by atoms with E-state index in [2.05, 4.69) is 10.2 Å². The van der Waals surface area contributed by atoms with Crippen LogP contribution in [0.25, 0.3) is 5.65 Å². The Labute approximate surface area is 152 Å². The first-order valence-electron chi connectivity index (χ1n) is 7.78. The lowest BCUT2D eigenvalue weighted by Crippen LogP contribution is -2.42. The molecule has 0 aliphatic heterocycles. The Morgan fingerprint density at radius 3 is 2.44 bits per heavy atom. The highest BCUT2D eigenvalue weighted by atomic mass is 32.2. The summed E-state index contributed by atoms with van der Waals surface area (Å²) in [5.74, 6) is -0.720. The second kappa shape index (κ2) is 6.89. The van der Waals surface area contributed by atoms with E-state index in [1.807, 2.05) is 0 Å². The molecule has 0 saturated carbocycles. The fourth-order valence-electron chi connectivity index (χ4n) is 2.75. The van der Waals surface area contributed by atoms with Gasteiger partial charge in [-0.15, -0.1) is 10.2 Å². The van der Waals surface area contributed by atoms with Gasteiger partial charge in [0.25, 0.3) is 0 Å². The van der Waals surface area contributed by atoms with Gasteiger partial charge in [-0.05, 0) is 23.8 Å². The van der Waals surface area contributed by atoms with Gasteiger partial charge in [-0.3, -0.25) is 4.40 Å². The fourth-order valence-corrected chi connectivity index (χ4v) is 4.37. The van der Waals surface area contributed by atoms with Crippen molar-refractivity contribution < 1.29 is 26.0 Å². The van der Waals surface area contributed by atoms with Crippen LogP contribution >= 0.6 is 0 Å². The standard InChI is InChI=1S/C16H14F4N4O2S/c1-2-24(15(16(18,19)20)11-3-5-12(17)6-4-11)27(25,26)13-7-8-23-10-21-22-14(23)9-13/h3-10,15H,2H2,1H3. The summed E-state index contributed by atoms with van der Waals surface area (Å²) in [6.07, 6.45) is -2.23. The molecule has 3 aromatic rings. The van der Waals surface area contributed by atoms with E-state index in [1.54, 1.807) is 0 Å². The van der Waals surface area contributed by atoms with Crippen LogP contribution in [-0.2, 0) is 10.0 Å². The lowest BCUT2D eigenvalue weighted by Gasteiger charge is -2.31. The number of alkyl halides is 3. The smallest absolute Gasteiger partial charge is 0.289 e. The van der Waals surface area contributed by atoms with Gasteiger partial charge in [-0.1, -0.05) is 19.1 Å². The Morgan fingerprint density at radius 2 is 1.85 bits per heavy atom. The number of benzene rings is 1. The highest BCUT2D eigenvalue weighted by Crippen LogP contribution is 2.40. The molecule has 0 spiro atoms. The number of rotatable bonds is 5. The van der Waals surface area contributed by atoms with Crippen molar-refractivity contribution in [3.8, 4) is 0 Å². The highest BCUT2D eigenvalue weighted by Gasteiger charge is 2.48. The van der Waals surface area contributed by atoms with Crippen LogP contribution < -0.4 is 0 Å². The molecular formula is C16H14F4N4O2S. The van der Waals surface area contributed by atoms with Crippen LogP contribution in [0, 0.1) is 5.82 Å². The molecule has 1 unspecified atom stereocenters. The molecule has 0 bridgehead atoms. The third kappa shape index (κ3) is 3.65. The number of sulfonamides is 1. The summed E-state index contributed by atoms with van der Waals surface area (Å²) in [6, 6.07) is 3.42. The minimum Gasteiger partial charge on any atom is -0.289 e. The van der Waals surface area contributed by atoms with E-state index < -0.39 is 34.6 Å². The van der Waals surface area contributed by atoms with E-state index in [4.69, 9.17) is 0 Å². The summed E-state index contributed by atoms with van der Waals surface area (Å²) >= 11 is 0. The minimum absolute atomic E-state index is 0.178. The molecule has 0 fully saturated rings. The van der Waals surface area contributed by atoms with Gasteiger partial charge < -0.3 is 0 Å². The SMILES string of the molecule is CCN(C(c1ccc(F)cc1)C(F)(F)F)S(=O)(=O)c1ccn2cnnc2c1. The van der Waals surface area contributed by atoms with Gasteiger partial charge in [0.05, 0.1) is 4.90 Å². The predicted molar refractivity (Wildman–Crippen MR) is 87.7 cm³/mol. The Kier molecular flexibility index (Phi) is 4.91. The summed E-state index contributed by atoms with van der Waals surface area (Å²) in [6.45, 7) is 0.858. The third-order valence-corrected chi connectivity index (χ3v) is 5.91. The Balaban J connectivity index is 2.11. The largest absolute Gasteiger partial charge is 0.409 e.